The molecule has 2 amide bonds. The van der Waals surface area contributed by atoms with Crippen LogP contribution in [-0.4, -0.2) is 23.0 Å². The van der Waals surface area contributed by atoms with Gasteiger partial charge in [0.15, 0.2) is 0 Å². The van der Waals surface area contributed by atoms with Gasteiger partial charge in [-0.2, -0.15) is 0 Å². The van der Waals surface area contributed by atoms with Crippen LogP contribution in [-0.2, 0) is 9.53 Å². The van der Waals surface area contributed by atoms with Gasteiger partial charge in [-0.3, -0.25) is 0 Å². The Bertz CT molecular complexity index is 543. The van der Waals surface area contributed by atoms with Gasteiger partial charge >= 0.3 is 12.0 Å². The summed E-state index contributed by atoms with van der Waals surface area (Å²) in [4.78, 5) is 23.9. The molecule has 0 aliphatic carbocycles. The summed E-state index contributed by atoms with van der Waals surface area (Å²) >= 11 is 2.11. The van der Waals surface area contributed by atoms with Crippen molar-refractivity contribution in [1.29, 1.82) is 0 Å². The van der Waals surface area contributed by atoms with Gasteiger partial charge in [0.05, 0.1) is 18.2 Å². The van der Waals surface area contributed by atoms with E-state index in [0.717, 1.165) is 5.56 Å². The minimum atomic E-state index is -0.478. The number of hydrogen-bond donors (Lipinski definition) is 2. The van der Waals surface area contributed by atoms with Crippen LogP contribution in [0.1, 0.15) is 18.5 Å². The predicted octanol–water partition coefficient (Wildman–Crippen LogP) is 2.29. The first-order valence-electron chi connectivity index (χ1n) is 6.26. The number of alkyl halides is 1. The number of carbonyl (C=O) groups is 2. The van der Waals surface area contributed by atoms with Crippen molar-refractivity contribution in [2.45, 2.75) is 13.0 Å². The largest absolute Gasteiger partial charge is 0.463 e. The van der Waals surface area contributed by atoms with E-state index in [2.05, 4.69) is 33.2 Å². The molecule has 1 aromatic rings. The highest BCUT2D eigenvalue weighted by molar-refractivity contribution is 14.1. The second-order valence-corrected chi connectivity index (χ2v) is 4.95. The maximum atomic E-state index is 12.2. The third-order valence-corrected chi connectivity index (χ3v) is 3.68. The molecular weight excluding hydrogens is 371 g/mol. The van der Waals surface area contributed by atoms with E-state index in [9.17, 15) is 9.59 Å². The molecule has 6 heteroatoms. The molecule has 2 rings (SSSR count). The molecule has 0 fully saturated rings. The van der Waals surface area contributed by atoms with Crippen LogP contribution in [0.3, 0.4) is 0 Å². The number of halogens is 1. The Kier molecular flexibility index (Phi) is 4.99. The molecule has 1 aromatic carbocycles. The predicted molar refractivity (Wildman–Crippen MR) is 83.4 cm³/mol. The minimum absolute atomic E-state index is 0.298. The first-order chi connectivity index (χ1) is 9.67. The number of hydrogen-bond acceptors (Lipinski definition) is 3. The SMILES string of the molecule is CCOC(=O)C1=C(CI)NC(=O)N[C@@H]1c1ccccc1. The van der Waals surface area contributed by atoms with Crippen LogP contribution in [0, 0.1) is 0 Å². The average molecular weight is 386 g/mol. The molecule has 2 N–H and O–H groups in total. The quantitative estimate of drug-likeness (QED) is 0.474. The lowest BCUT2D eigenvalue weighted by atomic mass is 9.96. The molecule has 1 aliphatic heterocycles. The summed E-state index contributed by atoms with van der Waals surface area (Å²) in [7, 11) is 0. The van der Waals surface area contributed by atoms with Crippen molar-refractivity contribution in [3.8, 4) is 0 Å². The van der Waals surface area contributed by atoms with Crippen molar-refractivity contribution in [1.82, 2.24) is 10.6 Å². The van der Waals surface area contributed by atoms with Gasteiger partial charge < -0.3 is 15.4 Å². The summed E-state index contributed by atoms with van der Waals surface area (Å²) in [5, 5.41) is 5.45. The van der Waals surface area contributed by atoms with Gasteiger partial charge in [-0.15, -0.1) is 0 Å². The monoisotopic (exact) mass is 386 g/mol. The van der Waals surface area contributed by atoms with Crippen LogP contribution >= 0.6 is 22.6 Å². The highest BCUT2D eigenvalue weighted by Crippen LogP contribution is 2.28. The van der Waals surface area contributed by atoms with Crippen molar-refractivity contribution in [3.63, 3.8) is 0 Å². The van der Waals surface area contributed by atoms with E-state index in [-0.39, 0.29) is 6.03 Å². The Labute approximate surface area is 130 Å². The molecule has 0 saturated heterocycles. The normalized spacial score (nSPS) is 18.3. The third kappa shape index (κ3) is 3.12. The zero-order valence-electron chi connectivity index (χ0n) is 11.0. The number of amides is 2. The van der Waals surface area contributed by atoms with Crippen LogP contribution in [0.25, 0.3) is 0 Å². The molecule has 0 saturated carbocycles. The van der Waals surface area contributed by atoms with Crippen LogP contribution in [0.5, 0.6) is 0 Å². The van der Waals surface area contributed by atoms with Crippen molar-refractivity contribution in [2.75, 3.05) is 11.0 Å². The Hall–Kier alpha value is -1.57. The number of carbonyl (C=O) groups excluding carboxylic acids is 2. The van der Waals surface area contributed by atoms with Gasteiger partial charge in [0.25, 0.3) is 0 Å². The third-order valence-electron chi connectivity index (χ3n) is 2.92. The number of benzene rings is 1. The van der Waals surface area contributed by atoms with Gasteiger partial charge in [0.2, 0.25) is 0 Å². The number of rotatable bonds is 4. The second kappa shape index (κ2) is 6.74. The lowest BCUT2D eigenvalue weighted by Gasteiger charge is -2.28. The summed E-state index contributed by atoms with van der Waals surface area (Å²) in [5.41, 5.74) is 1.92. The fourth-order valence-corrected chi connectivity index (χ4v) is 2.67. The summed E-state index contributed by atoms with van der Waals surface area (Å²) in [6.07, 6.45) is 0. The fraction of sp³-hybridized carbons (Fsp3) is 0.286. The molecule has 1 aliphatic rings. The van der Waals surface area contributed by atoms with Crippen molar-refractivity contribution >= 4 is 34.6 Å². The highest BCUT2D eigenvalue weighted by atomic mass is 127. The molecule has 0 bridgehead atoms. The van der Waals surface area contributed by atoms with E-state index in [1.165, 1.54) is 0 Å². The first-order valence-corrected chi connectivity index (χ1v) is 7.78. The van der Waals surface area contributed by atoms with E-state index >= 15 is 0 Å². The molecule has 1 atom stereocenters. The lowest BCUT2D eigenvalue weighted by Crippen LogP contribution is -2.46. The van der Waals surface area contributed by atoms with Gasteiger partial charge in [-0.1, -0.05) is 52.9 Å². The minimum Gasteiger partial charge on any atom is -0.463 e. The van der Waals surface area contributed by atoms with E-state index < -0.39 is 12.0 Å². The molecule has 0 unspecified atom stereocenters. The molecule has 1 heterocycles. The maximum absolute atomic E-state index is 12.2. The van der Waals surface area contributed by atoms with E-state index in [1.54, 1.807) is 6.92 Å². The molecular formula is C14H15IN2O3. The standard InChI is InChI=1S/C14H15IN2O3/c1-2-20-13(18)11-10(8-15)16-14(19)17-12(11)9-6-4-3-5-7-9/h3-7,12H,2,8H2,1H3,(H2,16,17,19)/t12-/m1/s1. The average Bonchev–Trinajstić information content (AvgIpc) is 2.47. The molecule has 5 nitrogen and oxygen atoms in total. The molecule has 0 spiro atoms. The van der Waals surface area contributed by atoms with Crippen LogP contribution in [0.4, 0.5) is 4.79 Å². The Balaban J connectivity index is 2.46. The lowest BCUT2D eigenvalue weighted by molar-refractivity contribution is -0.139. The topological polar surface area (TPSA) is 67.4 Å². The second-order valence-electron chi connectivity index (χ2n) is 4.19. The van der Waals surface area contributed by atoms with E-state index in [0.29, 0.717) is 22.3 Å². The molecule has 0 radical (unpaired) electrons. The number of allylic oxidation sites excluding steroid dienone is 1. The Morgan fingerprint density at radius 2 is 2.05 bits per heavy atom. The van der Waals surface area contributed by atoms with Gasteiger partial charge in [-0.05, 0) is 12.5 Å². The number of nitrogens with one attached hydrogen (secondary N) is 2. The van der Waals surface area contributed by atoms with E-state index in [4.69, 9.17) is 4.74 Å². The van der Waals surface area contributed by atoms with Crippen molar-refractivity contribution in [2.24, 2.45) is 0 Å². The van der Waals surface area contributed by atoms with Gasteiger partial charge in [-0.25, -0.2) is 9.59 Å². The number of urea groups is 1. The van der Waals surface area contributed by atoms with Crippen molar-refractivity contribution < 1.29 is 14.3 Å². The van der Waals surface area contributed by atoms with Crippen LogP contribution < -0.4 is 10.6 Å². The number of ether oxygens (including phenoxy) is 1. The Morgan fingerprint density at radius 3 is 2.65 bits per heavy atom. The molecule has 106 valence electrons. The summed E-state index contributed by atoms with van der Waals surface area (Å²) in [6, 6.07) is 8.60. The maximum Gasteiger partial charge on any atom is 0.338 e. The van der Waals surface area contributed by atoms with Crippen molar-refractivity contribution in [3.05, 3.63) is 47.2 Å². The first kappa shape index (κ1) is 14.8. The summed E-state index contributed by atoms with van der Waals surface area (Å²) in [6.45, 7) is 2.06. The highest BCUT2D eigenvalue weighted by Gasteiger charge is 2.32. The van der Waals surface area contributed by atoms with E-state index in [1.807, 2.05) is 30.3 Å². The number of esters is 1. The molecule has 20 heavy (non-hydrogen) atoms. The molecule has 0 aromatic heterocycles. The smallest absolute Gasteiger partial charge is 0.338 e. The summed E-state index contributed by atoms with van der Waals surface area (Å²) in [5.74, 6) is -0.402. The van der Waals surface area contributed by atoms with Crippen LogP contribution in [0.2, 0.25) is 0 Å². The Morgan fingerprint density at radius 1 is 1.35 bits per heavy atom. The summed E-state index contributed by atoms with van der Waals surface area (Å²) < 4.78 is 5.64. The zero-order valence-corrected chi connectivity index (χ0v) is 13.1. The van der Waals surface area contributed by atoms with Gasteiger partial charge in [0.1, 0.15) is 0 Å². The van der Waals surface area contributed by atoms with Gasteiger partial charge in [0, 0.05) is 10.1 Å². The fourth-order valence-electron chi connectivity index (χ4n) is 2.07. The van der Waals surface area contributed by atoms with Crippen LogP contribution in [0.15, 0.2) is 41.6 Å². The zero-order chi connectivity index (χ0) is 14.5.